The van der Waals surface area contributed by atoms with Gasteiger partial charge >= 0.3 is 6.09 Å². The standard InChI is InChI=1S/C27H30F2N4O5S/c1-8-11-37-22-15-30-21(14-31-22)20(29)13-17-9-10-19(28)18(12-17)27(7)16-39(35,36)26(5,6)23(33-27)32-24(34)38-25(2,3)4/h1,9-10,12-15H,11,16H2,2-7H3,(H,32,33,34)/b20-13-/t27-/m0/s1. The summed E-state index contributed by atoms with van der Waals surface area (Å²) in [5.41, 5.74) is -2.47. The maximum absolute atomic E-state index is 15.1. The van der Waals surface area contributed by atoms with Crippen molar-refractivity contribution in [2.75, 3.05) is 12.4 Å². The van der Waals surface area contributed by atoms with E-state index in [0.29, 0.717) is 0 Å². The van der Waals surface area contributed by atoms with Gasteiger partial charge in [0.15, 0.2) is 22.3 Å². The number of carbonyl (C=O) groups is 1. The van der Waals surface area contributed by atoms with Crippen molar-refractivity contribution in [1.29, 1.82) is 0 Å². The highest BCUT2D eigenvalue weighted by atomic mass is 32.2. The first-order valence-electron chi connectivity index (χ1n) is 11.9. The lowest BCUT2D eigenvalue weighted by Crippen LogP contribution is -2.58. The number of carbonyl (C=O) groups excluding carboxylic acids is 1. The molecule has 0 aliphatic carbocycles. The van der Waals surface area contributed by atoms with Crippen LogP contribution in [0.4, 0.5) is 13.6 Å². The average molecular weight is 561 g/mol. The van der Waals surface area contributed by atoms with E-state index < -0.39 is 49.2 Å². The number of hydrogen-bond acceptors (Lipinski definition) is 8. The number of amidine groups is 1. The second kappa shape index (κ2) is 10.7. The molecule has 39 heavy (non-hydrogen) atoms. The Morgan fingerprint density at radius 1 is 1.23 bits per heavy atom. The van der Waals surface area contributed by atoms with Gasteiger partial charge in [0.1, 0.15) is 33.2 Å². The molecule has 1 atom stereocenters. The van der Waals surface area contributed by atoms with Gasteiger partial charge in [0.25, 0.3) is 0 Å². The van der Waals surface area contributed by atoms with E-state index in [0.717, 1.165) is 18.3 Å². The minimum Gasteiger partial charge on any atom is -0.463 e. The Hall–Kier alpha value is -3.85. The molecule has 0 spiro atoms. The predicted octanol–water partition coefficient (Wildman–Crippen LogP) is 4.44. The summed E-state index contributed by atoms with van der Waals surface area (Å²) >= 11 is 0. The highest BCUT2D eigenvalue weighted by Crippen LogP contribution is 2.39. The number of terminal acetylenes is 1. The van der Waals surface area contributed by atoms with Gasteiger partial charge in [0.2, 0.25) is 5.88 Å². The predicted molar refractivity (Wildman–Crippen MR) is 144 cm³/mol. The summed E-state index contributed by atoms with van der Waals surface area (Å²) in [4.78, 5) is 24.8. The molecule has 0 saturated heterocycles. The molecule has 0 fully saturated rings. The van der Waals surface area contributed by atoms with Crippen molar-refractivity contribution in [2.45, 2.75) is 57.4 Å². The molecule has 208 valence electrons. The van der Waals surface area contributed by atoms with Crippen LogP contribution < -0.4 is 10.1 Å². The third-order valence-electron chi connectivity index (χ3n) is 5.84. The first-order valence-corrected chi connectivity index (χ1v) is 13.5. The van der Waals surface area contributed by atoms with Crippen molar-refractivity contribution in [3.63, 3.8) is 0 Å². The zero-order valence-electron chi connectivity index (χ0n) is 22.5. The van der Waals surface area contributed by atoms with Crippen LogP contribution in [-0.4, -0.2) is 53.0 Å². The maximum Gasteiger partial charge on any atom is 0.413 e. The van der Waals surface area contributed by atoms with Crippen molar-refractivity contribution in [3.05, 3.63) is 53.2 Å². The fraction of sp³-hybridized carbons (Fsp3) is 0.407. The fourth-order valence-electron chi connectivity index (χ4n) is 3.72. The monoisotopic (exact) mass is 560 g/mol. The summed E-state index contributed by atoms with van der Waals surface area (Å²) in [5, 5.41) is 2.43. The fourth-order valence-corrected chi connectivity index (χ4v) is 5.44. The second-order valence-corrected chi connectivity index (χ2v) is 13.1. The largest absolute Gasteiger partial charge is 0.463 e. The molecule has 0 bridgehead atoms. The van der Waals surface area contributed by atoms with Crippen molar-refractivity contribution in [3.8, 4) is 18.2 Å². The van der Waals surface area contributed by atoms with E-state index in [4.69, 9.17) is 15.9 Å². The number of alkyl carbamates (subject to hydrolysis) is 1. The number of amides is 1. The third kappa shape index (κ3) is 6.78. The zero-order chi connectivity index (χ0) is 29.2. The van der Waals surface area contributed by atoms with Gasteiger partial charge in [0.05, 0.1) is 18.1 Å². The minimum absolute atomic E-state index is 0.0200. The van der Waals surface area contributed by atoms with Crippen molar-refractivity contribution >= 4 is 33.7 Å². The Morgan fingerprint density at radius 2 is 1.92 bits per heavy atom. The Labute approximate surface area is 226 Å². The van der Waals surface area contributed by atoms with Gasteiger partial charge in [0, 0.05) is 5.56 Å². The first kappa shape index (κ1) is 29.7. The number of benzene rings is 1. The van der Waals surface area contributed by atoms with Gasteiger partial charge in [-0.1, -0.05) is 12.0 Å². The summed E-state index contributed by atoms with van der Waals surface area (Å²) in [7, 11) is -3.96. The number of ether oxygens (including phenoxy) is 2. The summed E-state index contributed by atoms with van der Waals surface area (Å²) in [6.45, 7) is 9.17. The van der Waals surface area contributed by atoms with Gasteiger partial charge < -0.3 is 9.47 Å². The molecular formula is C27H30F2N4O5S. The van der Waals surface area contributed by atoms with Crippen LogP contribution in [0.25, 0.3) is 11.9 Å². The second-order valence-electron chi connectivity index (χ2n) is 10.6. The van der Waals surface area contributed by atoms with Gasteiger partial charge in [-0.05, 0) is 65.3 Å². The quantitative estimate of drug-likeness (QED) is 0.537. The van der Waals surface area contributed by atoms with E-state index in [9.17, 15) is 17.6 Å². The summed E-state index contributed by atoms with van der Waals surface area (Å²) in [6.07, 6.45) is 7.68. The van der Waals surface area contributed by atoms with Crippen LogP contribution in [0.5, 0.6) is 5.88 Å². The van der Waals surface area contributed by atoms with Crippen molar-refractivity contribution < 1.29 is 31.5 Å². The number of halogens is 2. The molecule has 2 aromatic rings. The van der Waals surface area contributed by atoms with E-state index in [1.807, 2.05) is 0 Å². The summed E-state index contributed by atoms with van der Waals surface area (Å²) in [5.74, 6) is 0.126. The van der Waals surface area contributed by atoms with Gasteiger partial charge in [-0.15, -0.1) is 6.42 Å². The van der Waals surface area contributed by atoms with E-state index in [1.54, 1.807) is 20.8 Å². The lowest BCUT2D eigenvalue weighted by Gasteiger charge is -2.39. The normalized spacial score (nSPS) is 20.4. The van der Waals surface area contributed by atoms with Crippen LogP contribution >= 0.6 is 0 Å². The molecule has 1 N–H and O–H groups in total. The molecule has 1 aromatic carbocycles. The molecule has 9 nitrogen and oxygen atoms in total. The smallest absolute Gasteiger partial charge is 0.413 e. The number of nitrogens with one attached hydrogen (secondary N) is 1. The summed E-state index contributed by atoms with van der Waals surface area (Å²) in [6, 6.07) is 3.71. The Morgan fingerprint density at radius 3 is 2.51 bits per heavy atom. The van der Waals surface area contributed by atoms with Crippen LogP contribution in [0.1, 0.15) is 58.4 Å². The number of rotatable bonds is 5. The zero-order valence-corrected chi connectivity index (χ0v) is 23.3. The molecule has 1 aliphatic rings. The van der Waals surface area contributed by atoms with E-state index in [-0.39, 0.29) is 35.1 Å². The van der Waals surface area contributed by atoms with Crippen LogP contribution in [0.3, 0.4) is 0 Å². The minimum atomic E-state index is -3.96. The first-order chi connectivity index (χ1) is 18.0. The molecule has 0 unspecified atom stereocenters. The highest BCUT2D eigenvalue weighted by Gasteiger charge is 2.51. The van der Waals surface area contributed by atoms with E-state index in [2.05, 4.69) is 26.2 Å². The molecule has 1 aliphatic heterocycles. The Bertz CT molecular complexity index is 1470. The molecule has 1 aromatic heterocycles. The van der Waals surface area contributed by atoms with Gasteiger partial charge in [-0.3, -0.25) is 10.3 Å². The molecule has 0 radical (unpaired) electrons. The Balaban J connectivity index is 2.01. The molecular weight excluding hydrogens is 530 g/mol. The van der Waals surface area contributed by atoms with Crippen LogP contribution in [-0.2, 0) is 20.1 Å². The Kier molecular flexibility index (Phi) is 8.17. The highest BCUT2D eigenvalue weighted by molar-refractivity contribution is 7.93. The van der Waals surface area contributed by atoms with Crippen molar-refractivity contribution in [1.82, 2.24) is 15.3 Å². The summed E-state index contributed by atoms with van der Waals surface area (Å²) < 4.78 is 65.5. The van der Waals surface area contributed by atoms with E-state index >= 15 is 4.39 Å². The lowest BCUT2D eigenvalue weighted by molar-refractivity contribution is 0.0560. The van der Waals surface area contributed by atoms with Gasteiger partial charge in [-0.25, -0.2) is 32.0 Å². The third-order valence-corrected chi connectivity index (χ3v) is 8.53. The van der Waals surface area contributed by atoms with E-state index in [1.165, 1.54) is 39.1 Å². The number of nitrogens with zero attached hydrogens (tertiary/aromatic N) is 3. The number of hydrogen-bond donors (Lipinski definition) is 1. The topological polar surface area (TPSA) is 120 Å². The van der Waals surface area contributed by atoms with Crippen LogP contribution in [0.2, 0.25) is 0 Å². The van der Waals surface area contributed by atoms with Crippen LogP contribution in [0, 0.1) is 18.2 Å². The number of aromatic nitrogens is 2. The van der Waals surface area contributed by atoms with Gasteiger partial charge in [-0.2, -0.15) is 0 Å². The maximum atomic E-state index is 15.1. The van der Waals surface area contributed by atoms with Crippen molar-refractivity contribution in [2.24, 2.45) is 4.99 Å². The molecule has 0 saturated carbocycles. The average Bonchev–Trinajstić information content (AvgIpc) is 2.81. The number of sulfone groups is 1. The molecule has 3 rings (SSSR count). The number of aliphatic imine (C=N–C) groups is 1. The molecule has 1 amide bonds. The lowest BCUT2D eigenvalue weighted by atomic mass is 9.91. The SMILES string of the molecule is C#CCOc1cnc(/C(F)=C/c2ccc(F)c([C@]3(C)CS(=O)(=O)C(C)(C)C(NC(=O)OC(C)(C)C)=N3)c2)cn1. The molecule has 2 heterocycles. The molecule has 12 heteroatoms. The van der Waals surface area contributed by atoms with Crippen LogP contribution in [0.15, 0.2) is 35.6 Å².